The molecule has 0 aliphatic carbocycles. The summed E-state index contributed by atoms with van der Waals surface area (Å²) in [5, 5.41) is 2.78. The number of imidazole rings is 1. The molecular weight excluding hydrogens is 280 g/mol. The van der Waals surface area contributed by atoms with Crippen LogP contribution in [0.5, 0.6) is 0 Å². The van der Waals surface area contributed by atoms with E-state index < -0.39 is 0 Å². The van der Waals surface area contributed by atoms with E-state index in [1.54, 1.807) is 53.2 Å². The van der Waals surface area contributed by atoms with Crippen LogP contribution in [0.2, 0.25) is 0 Å². The van der Waals surface area contributed by atoms with Gasteiger partial charge in [0.1, 0.15) is 11.3 Å². The molecule has 0 aliphatic rings. The number of hydrogen-bond donors (Lipinski definition) is 2. The highest BCUT2D eigenvalue weighted by molar-refractivity contribution is 6.04. The number of amides is 1. The molecule has 3 N–H and O–H groups in total. The summed E-state index contributed by atoms with van der Waals surface area (Å²) in [4.78, 5) is 27.8. The van der Waals surface area contributed by atoms with E-state index in [9.17, 15) is 9.59 Å². The Morgan fingerprint density at radius 3 is 2.50 bits per heavy atom. The summed E-state index contributed by atoms with van der Waals surface area (Å²) >= 11 is 0. The molecule has 0 atom stereocenters. The molecule has 2 heterocycles. The quantitative estimate of drug-likeness (QED) is 0.573. The van der Waals surface area contributed by atoms with Gasteiger partial charge in [0, 0.05) is 30.7 Å². The van der Waals surface area contributed by atoms with Gasteiger partial charge in [0.05, 0.1) is 5.56 Å². The lowest BCUT2D eigenvalue weighted by Crippen LogP contribution is -2.12. The zero-order valence-electron chi connectivity index (χ0n) is 11.9. The molecule has 110 valence electrons. The van der Waals surface area contributed by atoms with Crippen LogP contribution in [0, 0.1) is 0 Å². The summed E-state index contributed by atoms with van der Waals surface area (Å²) < 4.78 is 1.66. The van der Waals surface area contributed by atoms with Crippen LogP contribution in [0.25, 0.3) is 5.65 Å². The summed E-state index contributed by atoms with van der Waals surface area (Å²) in [6, 6.07) is 10.3. The molecule has 0 unspecified atom stereocenters. The highest BCUT2D eigenvalue weighted by atomic mass is 16.1. The van der Waals surface area contributed by atoms with Gasteiger partial charge in [0.15, 0.2) is 5.78 Å². The SMILES string of the molecule is CC(=O)c1cn2cc(C(=O)Nc3ccc(N)cc3)ccc2n1. The van der Waals surface area contributed by atoms with Crippen molar-refractivity contribution in [2.75, 3.05) is 11.1 Å². The predicted molar refractivity (Wildman–Crippen MR) is 84.0 cm³/mol. The molecule has 0 aliphatic heterocycles. The van der Waals surface area contributed by atoms with Crippen molar-refractivity contribution in [1.29, 1.82) is 0 Å². The van der Waals surface area contributed by atoms with Gasteiger partial charge in [-0.15, -0.1) is 0 Å². The summed E-state index contributed by atoms with van der Waals surface area (Å²) in [5.74, 6) is -0.360. The number of aromatic nitrogens is 2. The molecule has 0 radical (unpaired) electrons. The average Bonchev–Trinajstić information content (AvgIpc) is 2.93. The molecule has 0 saturated heterocycles. The Kier molecular flexibility index (Phi) is 3.34. The second-order valence-corrected chi connectivity index (χ2v) is 4.94. The lowest BCUT2D eigenvalue weighted by Gasteiger charge is -2.06. The fourth-order valence-electron chi connectivity index (χ4n) is 2.07. The minimum atomic E-state index is -0.246. The van der Waals surface area contributed by atoms with E-state index in [0.29, 0.717) is 28.3 Å². The van der Waals surface area contributed by atoms with Crippen LogP contribution in [-0.4, -0.2) is 21.1 Å². The first-order valence-electron chi connectivity index (χ1n) is 6.69. The number of benzene rings is 1. The second kappa shape index (κ2) is 5.33. The molecule has 0 saturated carbocycles. The summed E-state index contributed by atoms with van der Waals surface area (Å²) in [6.07, 6.45) is 3.25. The van der Waals surface area contributed by atoms with Crippen LogP contribution in [0.3, 0.4) is 0 Å². The monoisotopic (exact) mass is 294 g/mol. The van der Waals surface area contributed by atoms with Crippen LogP contribution in [0.15, 0.2) is 48.8 Å². The van der Waals surface area contributed by atoms with Crippen LogP contribution in [-0.2, 0) is 0 Å². The minimum Gasteiger partial charge on any atom is -0.399 e. The van der Waals surface area contributed by atoms with Crippen molar-refractivity contribution in [1.82, 2.24) is 9.38 Å². The standard InChI is InChI=1S/C16H14N4O2/c1-10(21)14-9-20-8-11(2-7-15(20)19-14)16(22)18-13-5-3-12(17)4-6-13/h2-9H,17H2,1H3,(H,18,22). The van der Waals surface area contributed by atoms with Crippen molar-refractivity contribution in [2.24, 2.45) is 0 Å². The first kappa shape index (κ1) is 13.8. The van der Waals surface area contributed by atoms with E-state index in [1.165, 1.54) is 6.92 Å². The second-order valence-electron chi connectivity index (χ2n) is 4.94. The van der Waals surface area contributed by atoms with Gasteiger partial charge in [-0.25, -0.2) is 4.98 Å². The number of carbonyl (C=O) groups is 2. The fourth-order valence-corrected chi connectivity index (χ4v) is 2.07. The van der Waals surface area contributed by atoms with Crippen LogP contribution in [0.4, 0.5) is 11.4 Å². The average molecular weight is 294 g/mol. The molecule has 6 nitrogen and oxygen atoms in total. The number of ketones is 1. The van der Waals surface area contributed by atoms with E-state index in [4.69, 9.17) is 5.73 Å². The maximum Gasteiger partial charge on any atom is 0.257 e. The molecule has 3 aromatic rings. The van der Waals surface area contributed by atoms with Crippen LogP contribution in [0.1, 0.15) is 27.8 Å². The third-order valence-electron chi connectivity index (χ3n) is 3.24. The topological polar surface area (TPSA) is 89.5 Å². The summed E-state index contributed by atoms with van der Waals surface area (Å²) in [5.41, 5.74) is 8.36. The minimum absolute atomic E-state index is 0.114. The Bertz CT molecular complexity index is 865. The Balaban J connectivity index is 1.87. The number of pyridine rings is 1. The smallest absolute Gasteiger partial charge is 0.257 e. The number of nitrogens with two attached hydrogens (primary N) is 1. The maximum atomic E-state index is 12.2. The number of nitrogens with zero attached hydrogens (tertiary/aromatic N) is 2. The highest BCUT2D eigenvalue weighted by Gasteiger charge is 2.10. The van der Waals surface area contributed by atoms with Gasteiger partial charge in [-0.3, -0.25) is 9.59 Å². The normalized spacial score (nSPS) is 10.6. The van der Waals surface area contributed by atoms with Crippen molar-refractivity contribution < 1.29 is 9.59 Å². The lowest BCUT2D eigenvalue weighted by molar-refractivity contribution is 0.101. The Morgan fingerprint density at radius 1 is 1.09 bits per heavy atom. The fraction of sp³-hybridized carbons (Fsp3) is 0.0625. The lowest BCUT2D eigenvalue weighted by atomic mass is 10.2. The number of rotatable bonds is 3. The number of anilines is 2. The number of nitrogens with one attached hydrogen (secondary N) is 1. The Labute approximate surface area is 126 Å². The van der Waals surface area contributed by atoms with Crippen molar-refractivity contribution >= 4 is 28.7 Å². The molecular formula is C16H14N4O2. The highest BCUT2D eigenvalue weighted by Crippen LogP contribution is 2.13. The van der Waals surface area contributed by atoms with Gasteiger partial charge >= 0.3 is 0 Å². The Hall–Kier alpha value is -3.15. The number of carbonyl (C=O) groups excluding carboxylic acids is 2. The molecule has 0 fully saturated rings. The van der Waals surface area contributed by atoms with Gasteiger partial charge in [-0.1, -0.05) is 0 Å². The molecule has 6 heteroatoms. The first-order valence-corrected chi connectivity index (χ1v) is 6.69. The molecule has 22 heavy (non-hydrogen) atoms. The van der Waals surface area contributed by atoms with Crippen molar-refractivity contribution in [3.05, 3.63) is 60.0 Å². The number of Topliss-reactive ketones (excluding diaryl/α,β-unsaturated/α-hetero) is 1. The number of hydrogen-bond acceptors (Lipinski definition) is 4. The van der Waals surface area contributed by atoms with E-state index in [1.807, 2.05) is 0 Å². The molecule has 1 aromatic carbocycles. The van der Waals surface area contributed by atoms with Gasteiger partial charge in [-0.2, -0.15) is 0 Å². The van der Waals surface area contributed by atoms with Crippen molar-refractivity contribution in [2.45, 2.75) is 6.92 Å². The van der Waals surface area contributed by atoms with Gasteiger partial charge in [0.2, 0.25) is 0 Å². The zero-order valence-corrected chi connectivity index (χ0v) is 11.9. The van der Waals surface area contributed by atoms with E-state index in [0.717, 1.165) is 0 Å². The molecule has 3 rings (SSSR count). The maximum absolute atomic E-state index is 12.2. The van der Waals surface area contributed by atoms with Gasteiger partial charge < -0.3 is 15.5 Å². The van der Waals surface area contributed by atoms with Crippen molar-refractivity contribution in [3.8, 4) is 0 Å². The summed E-state index contributed by atoms with van der Waals surface area (Å²) in [6.45, 7) is 1.45. The van der Waals surface area contributed by atoms with E-state index >= 15 is 0 Å². The van der Waals surface area contributed by atoms with Gasteiger partial charge in [0.25, 0.3) is 5.91 Å². The third-order valence-corrected chi connectivity index (χ3v) is 3.24. The molecule has 0 spiro atoms. The molecule has 2 aromatic heterocycles. The van der Waals surface area contributed by atoms with E-state index in [-0.39, 0.29) is 11.7 Å². The van der Waals surface area contributed by atoms with Crippen LogP contribution < -0.4 is 11.1 Å². The van der Waals surface area contributed by atoms with Gasteiger partial charge in [-0.05, 0) is 36.4 Å². The first-order chi connectivity index (χ1) is 10.5. The third kappa shape index (κ3) is 2.67. The Morgan fingerprint density at radius 2 is 1.82 bits per heavy atom. The largest absolute Gasteiger partial charge is 0.399 e. The van der Waals surface area contributed by atoms with Crippen LogP contribution >= 0.6 is 0 Å². The predicted octanol–water partition coefficient (Wildman–Crippen LogP) is 2.37. The number of fused-ring (bicyclic) bond motifs is 1. The molecule has 1 amide bonds. The molecule has 0 bridgehead atoms. The zero-order chi connectivity index (χ0) is 15.7. The number of nitrogen functional groups attached to an aromatic ring is 1. The van der Waals surface area contributed by atoms with Crippen molar-refractivity contribution in [3.63, 3.8) is 0 Å². The summed E-state index contributed by atoms with van der Waals surface area (Å²) in [7, 11) is 0. The van der Waals surface area contributed by atoms with E-state index in [2.05, 4.69) is 10.3 Å².